The molecule has 0 saturated heterocycles. The number of aliphatic hydroxyl groups is 2. The van der Waals surface area contributed by atoms with Gasteiger partial charge in [0.15, 0.2) is 11.9 Å². The van der Waals surface area contributed by atoms with Crippen molar-refractivity contribution in [3.8, 4) is 5.75 Å². The Kier molecular flexibility index (Phi) is 50.0. The number of hydrogen-bond acceptors (Lipinski definition) is 26. The molecule has 126 heavy (non-hydrogen) atoms. The summed E-state index contributed by atoms with van der Waals surface area (Å²) in [5.41, 5.74) is 23.5. The van der Waals surface area contributed by atoms with Crippen LogP contribution in [0, 0.1) is 34.5 Å². The maximum absolute atomic E-state index is 14.3. The second-order valence-corrected chi connectivity index (χ2v) is 31.5. The summed E-state index contributed by atoms with van der Waals surface area (Å²) < 4.78 is 0. The zero-order valence-electron chi connectivity index (χ0n) is 71.5. The molecule has 15 atom stereocenters. The number of primary amides is 1. The van der Waals surface area contributed by atoms with E-state index in [0.717, 1.165) is 0 Å². The number of aromatic hydroxyl groups is 1. The number of carboxylic acid groups (broad SMARTS) is 2. The number of carbonyl (C=O) groups excluding carboxylic acids is 16. The van der Waals surface area contributed by atoms with E-state index >= 15 is 0 Å². The van der Waals surface area contributed by atoms with Crippen LogP contribution in [0.1, 0.15) is 131 Å². The van der Waals surface area contributed by atoms with Crippen LogP contribution in [0.15, 0.2) is 54.6 Å². The first kappa shape index (κ1) is 110. The van der Waals surface area contributed by atoms with E-state index in [1.54, 1.807) is 58.0 Å². The van der Waals surface area contributed by atoms with Gasteiger partial charge in [-0.15, -0.1) is 0 Å². The van der Waals surface area contributed by atoms with Crippen molar-refractivity contribution in [1.82, 2.24) is 90.4 Å². The third-order valence-electron chi connectivity index (χ3n) is 19.2. The van der Waals surface area contributed by atoms with Gasteiger partial charge < -0.3 is 139 Å². The van der Waals surface area contributed by atoms with Crippen LogP contribution in [0.25, 0.3) is 0 Å². The van der Waals surface area contributed by atoms with Crippen LogP contribution in [-0.2, 0) is 99.1 Å². The Labute approximate surface area is 739 Å². The van der Waals surface area contributed by atoms with Gasteiger partial charge in [0.25, 0.3) is 0 Å². The quantitative estimate of drug-likeness (QED) is 0.0127. The SMILES string of the molecule is CC[C@H](C)[C@H](NC(=O)[C@H](CCCNC(=N)N)NC(=O)[C@@H](N)CC(C)C)C(=O)NC(C(=O)N[C@@H](CCC(N)=O)C(=O)N[C@@H](CS)C(=O)N[C@@H](CCCNC(=N)N)C(=O)N[C@@H](CO)C(=O)N[C@H](C(=O)N[C@@H](CCC(=O)O)C(=O)NCC(=O)N[C@@H](CO)C(=O)N[C@@H](CS)C(=O)NCC(=O)N[C@@H](Cc1ccccc1)C(=O)N[C@@H](Cc1ccc(O)cc1)C(=O)O)C(C)C)C(C)C. The molecule has 0 heterocycles. The molecule has 0 spiro atoms. The largest absolute Gasteiger partial charge is 0.508 e. The fourth-order valence-corrected chi connectivity index (χ4v) is 12.5. The maximum Gasteiger partial charge on any atom is 0.326 e. The van der Waals surface area contributed by atoms with Gasteiger partial charge in [-0.05, 0) is 91.9 Å². The average Bonchev–Trinajstić information content (AvgIpc) is 0.833. The van der Waals surface area contributed by atoms with Crippen LogP contribution in [0.4, 0.5) is 0 Å². The van der Waals surface area contributed by atoms with Gasteiger partial charge in [0.1, 0.15) is 84.3 Å². The molecule has 46 nitrogen and oxygen atoms in total. The van der Waals surface area contributed by atoms with Crippen molar-refractivity contribution in [3.05, 3.63) is 65.7 Å². The molecule has 48 heteroatoms. The molecular formula is C78H125N23O23S2. The second-order valence-electron chi connectivity index (χ2n) is 30.8. The van der Waals surface area contributed by atoms with Crippen LogP contribution in [0.5, 0.6) is 5.75 Å². The van der Waals surface area contributed by atoms with Crippen molar-refractivity contribution in [1.29, 1.82) is 10.8 Å². The Hall–Kier alpha value is -12.2. The van der Waals surface area contributed by atoms with Crippen LogP contribution < -0.4 is 113 Å². The summed E-state index contributed by atoms with van der Waals surface area (Å²) in [4.78, 5) is 244. The number of carboxylic acids is 2. The number of amides is 16. The average molecular weight is 1820 g/mol. The molecule has 0 aliphatic carbocycles. The Bertz CT molecular complexity index is 4040. The Balaban J connectivity index is 2.29. The van der Waals surface area contributed by atoms with E-state index in [1.165, 1.54) is 38.1 Å². The lowest BCUT2D eigenvalue weighted by Crippen LogP contribution is -2.62. The highest BCUT2D eigenvalue weighted by Gasteiger charge is 2.39. The molecule has 16 amide bonds. The molecule has 2 aromatic carbocycles. The highest BCUT2D eigenvalue weighted by molar-refractivity contribution is 7.80. The van der Waals surface area contributed by atoms with Gasteiger partial charge in [-0.2, -0.15) is 25.3 Å². The summed E-state index contributed by atoms with van der Waals surface area (Å²) in [6.45, 7) is 9.01. The molecule has 2 aromatic rings. The lowest BCUT2D eigenvalue weighted by atomic mass is 9.95. The Morgan fingerprint density at radius 1 is 0.397 bits per heavy atom. The molecule has 2 rings (SSSR count). The minimum atomic E-state index is -1.94. The fraction of sp³-hybridized carbons (Fsp3) is 0.590. The standard InChI is InChI=1S/C78H125N23O23S2/c1-9-41(8)62(101-68(115)47(18-14-28-86-78(83)84)91-63(110)45(79)29-38(2)3)75(122)100-61(40(6)7)74(121)94-49(23-25-56(80)105)67(114)98-55(37-126)72(119)92-46(17-13-27-85-77(81)82)66(113)96-53(35-103)71(118)99-60(39(4)5)73(120)93-48(24-26-59(108)109)64(111)87-33-58(107)90-52(34-102)70(117)97-54(36-125)65(112)88-32-57(106)89-50(30-42-15-11-10-12-16-42)69(116)95-51(76(123)124)31-43-19-21-44(104)22-20-43/h10-12,15-16,19-22,38-41,45-55,60-62,102-104,125-126H,9,13-14,17-18,23-37,79H2,1-8H3,(H2,80,105)(H,87,111)(H,88,112)(H,89,106)(H,90,107)(H,91,110)(H,92,119)(H,93,120)(H,94,121)(H,95,116)(H,96,113)(H,97,117)(H,98,114)(H,99,118)(H,100,122)(H,101,115)(H,108,109)(H,123,124)(H4,81,82,85)(H4,83,84,86)/t41-,45-,46-,47-,48-,49-,50-,51-,52-,53-,54-,55-,60-,61?,62-/m0/s1. The number of benzene rings is 2. The zero-order chi connectivity index (χ0) is 95.2. The molecule has 32 N–H and O–H groups in total. The highest BCUT2D eigenvalue weighted by atomic mass is 32.1. The number of phenolic OH excluding ortho intramolecular Hbond substituents is 1. The number of rotatable bonds is 59. The lowest BCUT2D eigenvalue weighted by molar-refractivity contribution is -0.142. The van der Waals surface area contributed by atoms with Crippen LogP contribution >= 0.6 is 25.3 Å². The highest BCUT2D eigenvalue weighted by Crippen LogP contribution is 2.17. The van der Waals surface area contributed by atoms with Crippen LogP contribution in [0.3, 0.4) is 0 Å². The van der Waals surface area contributed by atoms with Gasteiger partial charge in [-0.25, -0.2) is 4.79 Å². The van der Waals surface area contributed by atoms with Crippen molar-refractivity contribution in [2.45, 2.75) is 217 Å². The number of guanidine groups is 2. The number of aliphatic carboxylic acids is 2. The molecule has 0 bridgehead atoms. The molecule has 0 aliphatic rings. The van der Waals surface area contributed by atoms with Crippen molar-refractivity contribution in [2.75, 3.05) is 50.9 Å². The monoisotopic (exact) mass is 1820 g/mol. The number of carbonyl (C=O) groups is 18. The number of thiol groups is 2. The van der Waals surface area contributed by atoms with E-state index in [2.05, 4.69) is 116 Å². The third-order valence-corrected chi connectivity index (χ3v) is 20.0. The number of nitrogens with two attached hydrogens (primary N) is 4. The molecule has 0 aromatic heterocycles. The second kappa shape index (κ2) is 57.4. The van der Waals surface area contributed by atoms with E-state index in [1.807, 2.05) is 13.8 Å². The molecule has 702 valence electrons. The summed E-state index contributed by atoms with van der Waals surface area (Å²) in [5, 5.41) is 106. The van der Waals surface area contributed by atoms with E-state index < -0.39 is 278 Å². The summed E-state index contributed by atoms with van der Waals surface area (Å²) in [5.74, 6) is -23.2. The molecule has 0 radical (unpaired) electrons. The van der Waals surface area contributed by atoms with E-state index in [0.29, 0.717) is 17.5 Å². The van der Waals surface area contributed by atoms with Gasteiger partial charge in [-0.3, -0.25) is 92.3 Å². The van der Waals surface area contributed by atoms with E-state index in [9.17, 15) is 112 Å². The Morgan fingerprint density at radius 2 is 0.746 bits per heavy atom. The summed E-state index contributed by atoms with van der Waals surface area (Å²) >= 11 is 8.34. The smallest absolute Gasteiger partial charge is 0.326 e. The van der Waals surface area contributed by atoms with Crippen molar-refractivity contribution in [3.63, 3.8) is 0 Å². The molecule has 1 unspecified atom stereocenters. The van der Waals surface area contributed by atoms with Gasteiger partial charge in [0.2, 0.25) is 94.5 Å². The lowest BCUT2D eigenvalue weighted by Gasteiger charge is -2.30. The number of phenols is 1. The Morgan fingerprint density at radius 3 is 1.20 bits per heavy atom. The van der Waals surface area contributed by atoms with Crippen molar-refractivity contribution < 1.29 is 112 Å². The first-order valence-electron chi connectivity index (χ1n) is 40.7. The summed E-state index contributed by atoms with van der Waals surface area (Å²) in [7, 11) is 0. The first-order valence-corrected chi connectivity index (χ1v) is 41.9. The zero-order valence-corrected chi connectivity index (χ0v) is 73.3. The molecule has 0 saturated carbocycles. The number of hydrogen-bond donors (Lipinski definition) is 30. The van der Waals surface area contributed by atoms with Gasteiger partial charge in [-0.1, -0.05) is 104 Å². The van der Waals surface area contributed by atoms with Crippen LogP contribution in [0.2, 0.25) is 0 Å². The first-order chi connectivity index (χ1) is 59.3. The van der Waals surface area contributed by atoms with Crippen LogP contribution in [-0.4, -0.2) is 279 Å². The molecular weight excluding hydrogens is 1690 g/mol. The van der Waals surface area contributed by atoms with Crippen molar-refractivity contribution >= 4 is 144 Å². The molecule has 0 aliphatic heterocycles. The summed E-state index contributed by atoms with van der Waals surface area (Å²) in [6, 6.07) is -7.75. The predicted molar refractivity (Wildman–Crippen MR) is 463 cm³/mol. The van der Waals surface area contributed by atoms with E-state index in [-0.39, 0.29) is 75.7 Å². The van der Waals surface area contributed by atoms with Gasteiger partial charge in [0.05, 0.1) is 32.3 Å². The minimum absolute atomic E-state index is 0.0166. The topological polar surface area (TPSA) is 765 Å². The number of nitrogens with one attached hydrogen (secondary N) is 19. The predicted octanol–water partition coefficient (Wildman–Crippen LogP) is -7.97. The van der Waals surface area contributed by atoms with Gasteiger partial charge in [0, 0.05) is 50.3 Å². The maximum atomic E-state index is 14.3. The third kappa shape index (κ3) is 41.5. The number of aliphatic hydroxyl groups excluding tert-OH is 2. The van der Waals surface area contributed by atoms with Gasteiger partial charge >= 0.3 is 11.9 Å². The minimum Gasteiger partial charge on any atom is -0.508 e. The normalized spacial score (nSPS) is 14.6. The summed E-state index contributed by atoms with van der Waals surface area (Å²) in [6.07, 6.45) is -2.25. The van der Waals surface area contributed by atoms with Crippen molar-refractivity contribution in [2.24, 2.45) is 46.6 Å². The fourth-order valence-electron chi connectivity index (χ4n) is 12.0. The molecule has 0 fully saturated rings. The van der Waals surface area contributed by atoms with E-state index in [4.69, 9.17) is 33.8 Å².